The molecule has 98 valence electrons. The molecular weight excluding hydrogens is 248 g/mol. The van der Waals surface area contributed by atoms with Gasteiger partial charge in [0.15, 0.2) is 0 Å². The van der Waals surface area contributed by atoms with Gasteiger partial charge in [-0.2, -0.15) is 11.8 Å². The van der Waals surface area contributed by atoms with E-state index in [9.17, 15) is 4.79 Å². The molecule has 1 heterocycles. The van der Waals surface area contributed by atoms with Crippen LogP contribution < -0.4 is 15.4 Å². The molecule has 0 bridgehead atoms. The van der Waals surface area contributed by atoms with Crippen LogP contribution in [0, 0.1) is 0 Å². The normalized spacial score (nSPS) is 18.6. The van der Waals surface area contributed by atoms with Crippen LogP contribution in [0.5, 0.6) is 5.75 Å². The summed E-state index contributed by atoms with van der Waals surface area (Å²) in [5.41, 5.74) is 0.766. The first-order chi connectivity index (χ1) is 8.78. The maximum absolute atomic E-state index is 11.7. The lowest BCUT2D eigenvalue weighted by atomic mass is 10.2. The van der Waals surface area contributed by atoms with E-state index in [1.165, 1.54) is 5.75 Å². The molecule has 2 N–H and O–H groups in total. The van der Waals surface area contributed by atoms with Crippen LogP contribution in [0.25, 0.3) is 0 Å². The average Bonchev–Trinajstić information content (AvgIpc) is 2.90. The van der Waals surface area contributed by atoms with Crippen molar-refractivity contribution >= 4 is 23.4 Å². The van der Waals surface area contributed by atoms with Crippen LogP contribution in [-0.4, -0.2) is 37.1 Å². The van der Waals surface area contributed by atoms with E-state index in [0.29, 0.717) is 12.6 Å². The van der Waals surface area contributed by atoms with Crippen molar-refractivity contribution < 1.29 is 9.53 Å². The number of benzene rings is 1. The third-order valence-electron chi connectivity index (χ3n) is 2.83. The van der Waals surface area contributed by atoms with Gasteiger partial charge in [0.05, 0.1) is 13.7 Å². The van der Waals surface area contributed by atoms with Gasteiger partial charge in [-0.15, -0.1) is 0 Å². The summed E-state index contributed by atoms with van der Waals surface area (Å²) < 4.78 is 5.11. The number of hydrogen-bond acceptors (Lipinski definition) is 4. The number of anilines is 1. The number of rotatable bonds is 5. The molecule has 0 aromatic heterocycles. The molecule has 0 aliphatic carbocycles. The van der Waals surface area contributed by atoms with Crippen molar-refractivity contribution in [2.45, 2.75) is 12.5 Å². The van der Waals surface area contributed by atoms with Crippen LogP contribution >= 0.6 is 11.8 Å². The number of nitrogens with one attached hydrogen (secondary N) is 2. The van der Waals surface area contributed by atoms with Crippen molar-refractivity contribution in [3.63, 3.8) is 0 Å². The number of amides is 1. The first-order valence-electron chi connectivity index (χ1n) is 6.03. The molecular formula is C13H18N2O2S. The molecule has 0 spiro atoms. The highest BCUT2D eigenvalue weighted by Crippen LogP contribution is 2.17. The Morgan fingerprint density at radius 3 is 3.17 bits per heavy atom. The van der Waals surface area contributed by atoms with Crippen LogP contribution in [0.2, 0.25) is 0 Å². The van der Waals surface area contributed by atoms with E-state index in [4.69, 9.17) is 4.74 Å². The van der Waals surface area contributed by atoms with E-state index in [2.05, 4.69) is 10.6 Å². The van der Waals surface area contributed by atoms with Gasteiger partial charge in [0.2, 0.25) is 5.91 Å². The highest BCUT2D eigenvalue weighted by Gasteiger charge is 2.15. The smallest absolute Gasteiger partial charge is 0.238 e. The lowest BCUT2D eigenvalue weighted by Crippen LogP contribution is -2.36. The van der Waals surface area contributed by atoms with Gasteiger partial charge in [0, 0.05) is 23.5 Å². The first-order valence-corrected chi connectivity index (χ1v) is 7.18. The van der Waals surface area contributed by atoms with Crippen LogP contribution in [0.3, 0.4) is 0 Å². The quantitative estimate of drug-likeness (QED) is 0.852. The van der Waals surface area contributed by atoms with Crippen LogP contribution in [-0.2, 0) is 4.79 Å². The Morgan fingerprint density at radius 2 is 2.44 bits per heavy atom. The molecule has 5 heteroatoms. The number of carbonyl (C=O) groups excluding carboxylic acids is 1. The predicted molar refractivity (Wildman–Crippen MR) is 75.4 cm³/mol. The summed E-state index contributed by atoms with van der Waals surface area (Å²) >= 11 is 1.93. The van der Waals surface area contributed by atoms with Gasteiger partial charge < -0.3 is 15.4 Å². The molecule has 18 heavy (non-hydrogen) atoms. The second-order valence-corrected chi connectivity index (χ2v) is 5.37. The number of carbonyl (C=O) groups is 1. The average molecular weight is 266 g/mol. The molecule has 1 amide bonds. The summed E-state index contributed by atoms with van der Waals surface area (Å²) in [5, 5.41) is 6.12. The Labute approximate surface area is 111 Å². The second kappa shape index (κ2) is 6.66. The van der Waals surface area contributed by atoms with Gasteiger partial charge >= 0.3 is 0 Å². The molecule has 2 rings (SSSR count). The lowest BCUT2D eigenvalue weighted by molar-refractivity contribution is -0.115. The summed E-state index contributed by atoms with van der Waals surface area (Å²) in [4.78, 5) is 11.7. The van der Waals surface area contributed by atoms with Gasteiger partial charge in [-0.05, 0) is 24.3 Å². The van der Waals surface area contributed by atoms with E-state index in [-0.39, 0.29) is 5.91 Å². The molecule has 1 unspecified atom stereocenters. The fourth-order valence-electron chi connectivity index (χ4n) is 1.84. The summed E-state index contributed by atoms with van der Waals surface area (Å²) in [7, 11) is 1.61. The molecule has 1 saturated heterocycles. The first kappa shape index (κ1) is 13.2. The minimum Gasteiger partial charge on any atom is -0.497 e. The van der Waals surface area contributed by atoms with Gasteiger partial charge in [0.25, 0.3) is 0 Å². The fourth-order valence-corrected chi connectivity index (χ4v) is 3.03. The van der Waals surface area contributed by atoms with Crippen molar-refractivity contribution in [1.29, 1.82) is 0 Å². The van der Waals surface area contributed by atoms with Crippen molar-refractivity contribution in [1.82, 2.24) is 5.32 Å². The summed E-state index contributed by atoms with van der Waals surface area (Å²) in [6.07, 6.45) is 1.15. The second-order valence-electron chi connectivity index (χ2n) is 4.22. The number of thioether (sulfide) groups is 1. The monoisotopic (exact) mass is 266 g/mol. The predicted octanol–water partition coefficient (Wildman–Crippen LogP) is 1.73. The van der Waals surface area contributed by atoms with E-state index >= 15 is 0 Å². The lowest BCUT2D eigenvalue weighted by Gasteiger charge is -2.11. The van der Waals surface area contributed by atoms with E-state index in [1.807, 2.05) is 36.0 Å². The van der Waals surface area contributed by atoms with Gasteiger partial charge in [-0.3, -0.25) is 4.79 Å². The minimum absolute atomic E-state index is 0.0137. The van der Waals surface area contributed by atoms with Crippen LogP contribution in [0.4, 0.5) is 5.69 Å². The van der Waals surface area contributed by atoms with E-state index < -0.39 is 0 Å². The van der Waals surface area contributed by atoms with Gasteiger partial charge in [0.1, 0.15) is 5.75 Å². The Bertz CT molecular complexity index is 406. The van der Waals surface area contributed by atoms with E-state index in [1.54, 1.807) is 7.11 Å². The Morgan fingerprint density at radius 1 is 1.56 bits per heavy atom. The van der Waals surface area contributed by atoms with Gasteiger partial charge in [-0.1, -0.05) is 6.07 Å². The summed E-state index contributed by atoms with van der Waals surface area (Å²) in [5.74, 6) is 3.02. The SMILES string of the molecule is COc1cccc(NC(=O)CNC2CCSC2)c1. The third-order valence-corrected chi connectivity index (χ3v) is 4.00. The van der Waals surface area contributed by atoms with Crippen molar-refractivity contribution in [2.75, 3.05) is 30.5 Å². The molecule has 1 atom stereocenters. The molecule has 1 aromatic carbocycles. The molecule has 1 aliphatic rings. The largest absolute Gasteiger partial charge is 0.497 e. The standard InChI is InChI=1S/C13H18N2O2S/c1-17-12-4-2-3-10(7-12)15-13(16)8-14-11-5-6-18-9-11/h2-4,7,11,14H,5-6,8-9H2,1H3,(H,15,16). The van der Waals surface area contributed by atoms with Crippen LogP contribution in [0.15, 0.2) is 24.3 Å². The van der Waals surface area contributed by atoms with Crippen molar-refractivity contribution in [2.24, 2.45) is 0 Å². The minimum atomic E-state index is -0.0137. The van der Waals surface area contributed by atoms with Gasteiger partial charge in [-0.25, -0.2) is 0 Å². The Kier molecular flexibility index (Phi) is 4.90. The molecule has 1 aromatic rings. The zero-order valence-corrected chi connectivity index (χ0v) is 11.3. The summed E-state index contributed by atoms with van der Waals surface area (Å²) in [6, 6.07) is 7.85. The van der Waals surface area contributed by atoms with Crippen LogP contribution in [0.1, 0.15) is 6.42 Å². The maximum atomic E-state index is 11.7. The molecule has 1 aliphatic heterocycles. The Balaban J connectivity index is 1.78. The van der Waals surface area contributed by atoms with Crippen molar-refractivity contribution in [3.05, 3.63) is 24.3 Å². The summed E-state index contributed by atoms with van der Waals surface area (Å²) in [6.45, 7) is 0.364. The zero-order chi connectivity index (χ0) is 12.8. The number of hydrogen-bond donors (Lipinski definition) is 2. The number of ether oxygens (including phenoxy) is 1. The zero-order valence-electron chi connectivity index (χ0n) is 10.4. The molecule has 4 nitrogen and oxygen atoms in total. The Hall–Kier alpha value is -1.20. The number of methoxy groups -OCH3 is 1. The van der Waals surface area contributed by atoms with Crippen molar-refractivity contribution in [3.8, 4) is 5.75 Å². The fraction of sp³-hybridized carbons (Fsp3) is 0.462. The molecule has 1 fully saturated rings. The maximum Gasteiger partial charge on any atom is 0.238 e. The van der Waals surface area contributed by atoms with E-state index in [0.717, 1.165) is 23.6 Å². The topological polar surface area (TPSA) is 50.4 Å². The highest BCUT2D eigenvalue weighted by molar-refractivity contribution is 7.99. The molecule has 0 radical (unpaired) electrons. The highest BCUT2D eigenvalue weighted by atomic mass is 32.2. The molecule has 0 saturated carbocycles. The third kappa shape index (κ3) is 3.92.